The standard InChI is InChI=1S/C8H11NO3/c10-5-2-6-12-7-3-1-4-9-8(7)11/h1,3-4,10H,2,5-6H2,(H,9,11). The minimum absolute atomic E-state index is 0.0741. The fourth-order valence-electron chi connectivity index (χ4n) is 0.766. The van der Waals surface area contributed by atoms with Crippen molar-refractivity contribution in [3.05, 3.63) is 28.7 Å². The molecular formula is C8H11NO3. The average Bonchev–Trinajstić information content (AvgIpc) is 2.09. The fraction of sp³-hybridized carbons (Fsp3) is 0.375. The molecule has 0 bridgehead atoms. The molecule has 0 unspecified atom stereocenters. The Morgan fingerprint density at radius 1 is 1.58 bits per heavy atom. The lowest BCUT2D eigenvalue weighted by molar-refractivity contribution is 0.232. The molecule has 1 aromatic rings. The van der Waals surface area contributed by atoms with Gasteiger partial charge in [0.1, 0.15) is 0 Å². The Labute approximate surface area is 69.8 Å². The van der Waals surface area contributed by atoms with Gasteiger partial charge in [-0.3, -0.25) is 4.79 Å². The highest BCUT2D eigenvalue weighted by Crippen LogP contribution is 1.99. The zero-order valence-electron chi connectivity index (χ0n) is 6.62. The molecule has 0 radical (unpaired) electrons. The molecule has 1 heterocycles. The van der Waals surface area contributed by atoms with Gasteiger partial charge in [0.15, 0.2) is 5.75 Å². The van der Waals surface area contributed by atoms with E-state index in [0.717, 1.165) is 0 Å². The maximum Gasteiger partial charge on any atom is 0.290 e. The van der Waals surface area contributed by atoms with E-state index in [9.17, 15) is 4.79 Å². The first-order valence-electron chi connectivity index (χ1n) is 3.76. The number of hydrogen-bond donors (Lipinski definition) is 2. The topological polar surface area (TPSA) is 62.3 Å². The lowest BCUT2D eigenvalue weighted by atomic mass is 10.4. The minimum Gasteiger partial charge on any atom is -0.488 e. The first kappa shape index (κ1) is 8.80. The number of hydrogen-bond acceptors (Lipinski definition) is 3. The van der Waals surface area contributed by atoms with Crippen LogP contribution in [0.25, 0.3) is 0 Å². The normalized spacial score (nSPS) is 9.75. The first-order valence-corrected chi connectivity index (χ1v) is 3.76. The average molecular weight is 169 g/mol. The molecule has 12 heavy (non-hydrogen) atoms. The smallest absolute Gasteiger partial charge is 0.290 e. The third-order valence-electron chi connectivity index (χ3n) is 1.34. The highest BCUT2D eigenvalue weighted by molar-refractivity contribution is 5.15. The van der Waals surface area contributed by atoms with E-state index in [4.69, 9.17) is 9.84 Å². The number of ether oxygens (including phenoxy) is 1. The Balaban J connectivity index is 2.52. The number of aromatic nitrogens is 1. The molecule has 4 nitrogen and oxygen atoms in total. The van der Waals surface area contributed by atoms with Gasteiger partial charge in [-0.15, -0.1) is 0 Å². The third-order valence-corrected chi connectivity index (χ3v) is 1.34. The van der Waals surface area contributed by atoms with E-state index >= 15 is 0 Å². The van der Waals surface area contributed by atoms with Crippen molar-refractivity contribution in [2.24, 2.45) is 0 Å². The number of nitrogens with one attached hydrogen (secondary N) is 1. The molecule has 0 saturated carbocycles. The Morgan fingerprint density at radius 3 is 3.08 bits per heavy atom. The highest BCUT2D eigenvalue weighted by atomic mass is 16.5. The summed E-state index contributed by atoms with van der Waals surface area (Å²) in [5.74, 6) is 0.297. The Morgan fingerprint density at radius 2 is 2.42 bits per heavy atom. The van der Waals surface area contributed by atoms with Gasteiger partial charge in [0.25, 0.3) is 5.56 Å². The summed E-state index contributed by atoms with van der Waals surface area (Å²) in [4.78, 5) is 13.5. The van der Waals surface area contributed by atoms with Gasteiger partial charge in [-0.05, 0) is 12.1 Å². The van der Waals surface area contributed by atoms with Gasteiger partial charge in [0.2, 0.25) is 0 Å². The van der Waals surface area contributed by atoms with Crippen molar-refractivity contribution in [1.29, 1.82) is 0 Å². The van der Waals surface area contributed by atoms with Gasteiger partial charge in [0.05, 0.1) is 6.61 Å². The Kier molecular flexibility index (Phi) is 3.35. The molecular weight excluding hydrogens is 158 g/mol. The minimum atomic E-state index is -0.240. The van der Waals surface area contributed by atoms with Crippen LogP contribution in [0.3, 0.4) is 0 Å². The molecule has 0 saturated heterocycles. The number of aromatic amines is 1. The summed E-state index contributed by atoms with van der Waals surface area (Å²) < 4.78 is 5.07. The zero-order valence-corrected chi connectivity index (χ0v) is 6.62. The van der Waals surface area contributed by atoms with Crippen LogP contribution in [-0.4, -0.2) is 23.3 Å². The van der Waals surface area contributed by atoms with Gasteiger partial charge >= 0.3 is 0 Å². The summed E-state index contributed by atoms with van der Waals surface area (Å²) in [6.07, 6.45) is 2.08. The first-order chi connectivity index (χ1) is 5.84. The molecule has 0 fully saturated rings. The molecule has 0 aliphatic rings. The predicted octanol–water partition coefficient (Wildman–Crippen LogP) is 0.136. The molecule has 0 aliphatic heterocycles. The predicted molar refractivity (Wildman–Crippen MR) is 44.3 cm³/mol. The number of pyridine rings is 1. The van der Waals surface area contributed by atoms with E-state index in [2.05, 4.69) is 4.98 Å². The largest absolute Gasteiger partial charge is 0.488 e. The summed E-state index contributed by atoms with van der Waals surface area (Å²) in [5, 5.41) is 8.45. The van der Waals surface area contributed by atoms with E-state index in [0.29, 0.717) is 18.8 Å². The summed E-state index contributed by atoms with van der Waals surface area (Å²) in [5.41, 5.74) is -0.240. The van der Waals surface area contributed by atoms with Crippen molar-refractivity contribution in [1.82, 2.24) is 4.98 Å². The SMILES string of the molecule is O=c1[nH]cccc1OCCCO. The van der Waals surface area contributed by atoms with E-state index in [1.807, 2.05) is 0 Å². The second-order valence-corrected chi connectivity index (χ2v) is 2.29. The molecule has 1 aromatic heterocycles. The maximum atomic E-state index is 11.0. The van der Waals surface area contributed by atoms with Crippen LogP contribution in [-0.2, 0) is 0 Å². The van der Waals surface area contributed by atoms with Crippen LogP contribution in [0.4, 0.5) is 0 Å². The van der Waals surface area contributed by atoms with E-state index < -0.39 is 0 Å². The van der Waals surface area contributed by atoms with Crippen molar-refractivity contribution < 1.29 is 9.84 Å². The van der Waals surface area contributed by atoms with Crippen molar-refractivity contribution >= 4 is 0 Å². The monoisotopic (exact) mass is 169 g/mol. The summed E-state index contributed by atoms with van der Waals surface area (Å²) in [6, 6.07) is 3.28. The van der Waals surface area contributed by atoms with Crippen molar-refractivity contribution in [3.63, 3.8) is 0 Å². The Hall–Kier alpha value is -1.29. The molecule has 0 atom stereocenters. The Bertz CT molecular complexity index is 282. The van der Waals surface area contributed by atoms with E-state index in [1.165, 1.54) is 0 Å². The molecule has 0 aliphatic carbocycles. The van der Waals surface area contributed by atoms with Gasteiger partial charge in [-0.2, -0.15) is 0 Å². The number of aliphatic hydroxyl groups excluding tert-OH is 1. The van der Waals surface area contributed by atoms with Crippen LogP contribution in [0.5, 0.6) is 5.75 Å². The second kappa shape index (κ2) is 4.56. The molecule has 1 rings (SSSR count). The highest BCUT2D eigenvalue weighted by Gasteiger charge is 1.96. The van der Waals surface area contributed by atoms with Gasteiger partial charge in [0, 0.05) is 19.2 Å². The van der Waals surface area contributed by atoms with Crippen LogP contribution in [0.15, 0.2) is 23.1 Å². The summed E-state index contributed by atoms with van der Waals surface area (Å²) >= 11 is 0. The molecule has 66 valence electrons. The second-order valence-electron chi connectivity index (χ2n) is 2.29. The molecule has 0 aromatic carbocycles. The van der Waals surface area contributed by atoms with Crippen LogP contribution >= 0.6 is 0 Å². The number of H-pyrrole nitrogens is 1. The van der Waals surface area contributed by atoms with Crippen molar-refractivity contribution in [2.75, 3.05) is 13.2 Å². The maximum absolute atomic E-state index is 11.0. The lowest BCUT2D eigenvalue weighted by Crippen LogP contribution is -2.11. The van der Waals surface area contributed by atoms with Crippen LogP contribution in [0.1, 0.15) is 6.42 Å². The summed E-state index contributed by atoms with van der Waals surface area (Å²) in [7, 11) is 0. The van der Waals surface area contributed by atoms with Crippen LogP contribution < -0.4 is 10.3 Å². The zero-order chi connectivity index (χ0) is 8.81. The van der Waals surface area contributed by atoms with Gasteiger partial charge in [-0.25, -0.2) is 0 Å². The van der Waals surface area contributed by atoms with Gasteiger partial charge < -0.3 is 14.8 Å². The molecule has 0 amide bonds. The molecule has 2 N–H and O–H groups in total. The lowest BCUT2D eigenvalue weighted by Gasteiger charge is -2.01. The van der Waals surface area contributed by atoms with Crippen LogP contribution in [0.2, 0.25) is 0 Å². The van der Waals surface area contributed by atoms with E-state index in [1.54, 1.807) is 18.3 Å². The quantitative estimate of drug-likeness (QED) is 0.630. The number of rotatable bonds is 4. The van der Waals surface area contributed by atoms with Gasteiger partial charge in [-0.1, -0.05) is 0 Å². The fourth-order valence-corrected chi connectivity index (χ4v) is 0.766. The van der Waals surface area contributed by atoms with Crippen molar-refractivity contribution in [2.45, 2.75) is 6.42 Å². The summed E-state index contributed by atoms with van der Waals surface area (Å²) in [6.45, 7) is 0.439. The van der Waals surface area contributed by atoms with Crippen LogP contribution in [0, 0.1) is 0 Å². The molecule has 4 heteroatoms. The number of aliphatic hydroxyl groups is 1. The third kappa shape index (κ3) is 2.39. The molecule has 0 spiro atoms. The van der Waals surface area contributed by atoms with E-state index in [-0.39, 0.29) is 12.2 Å². The van der Waals surface area contributed by atoms with Crippen molar-refractivity contribution in [3.8, 4) is 5.75 Å².